The van der Waals surface area contributed by atoms with E-state index >= 15 is 0 Å². The fourth-order valence-corrected chi connectivity index (χ4v) is 2.61. The molecule has 0 spiro atoms. The minimum absolute atomic E-state index is 0.290. The Morgan fingerprint density at radius 2 is 2.16 bits per heavy atom. The van der Waals surface area contributed by atoms with Gasteiger partial charge in [-0.25, -0.2) is 14.1 Å². The van der Waals surface area contributed by atoms with E-state index in [2.05, 4.69) is 15.4 Å². The number of halogens is 1. The molecule has 0 amide bonds. The summed E-state index contributed by atoms with van der Waals surface area (Å²) >= 11 is 0. The summed E-state index contributed by atoms with van der Waals surface area (Å²) in [6.45, 7) is 0.933. The maximum atomic E-state index is 14.0. The van der Waals surface area contributed by atoms with Crippen molar-refractivity contribution in [1.29, 1.82) is 0 Å². The van der Waals surface area contributed by atoms with Gasteiger partial charge in [0.1, 0.15) is 18.3 Å². The van der Waals surface area contributed by atoms with Gasteiger partial charge in [-0.15, -0.1) is 0 Å². The van der Waals surface area contributed by atoms with Crippen LogP contribution in [0, 0.1) is 11.7 Å². The van der Waals surface area contributed by atoms with Gasteiger partial charge in [0.15, 0.2) is 5.82 Å². The predicted molar refractivity (Wildman–Crippen MR) is 71.8 cm³/mol. The summed E-state index contributed by atoms with van der Waals surface area (Å²) in [7, 11) is 0. The zero-order chi connectivity index (χ0) is 13.1. The van der Waals surface area contributed by atoms with Crippen LogP contribution in [0.15, 0.2) is 30.9 Å². The Bertz CT molecular complexity index is 532. The Morgan fingerprint density at radius 1 is 1.32 bits per heavy atom. The van der Waals surface area contributed by atoms with Crippen LogP contribution in [0.25, 0.3) is 5.69 Å². The Balaban J connectivity index is 1.68. The molecular weight excluding hydrogens is 243 g/mol. The summed E-state index contributed by atoms with van der Waals surface area (Å²) in [5.74, 6) is 0.444. The zero-order valence-corrected chi connectivity index (χ0v) is 10.7. The minimum Gasteiger partial charge on any atom is -0.385 e. The molecule has 19 heavy (non-hydrogen) atoms. The fourth-order valence-electron chi connectivity index (χ4n) is 2.61. The molecule has 1 aromatic heterocycles. The molecule has 1 aliphatic rings. The van der Waals surface area contributed by atoms with Gasteiger partial charge in [0.05, 0.1) is 0 Å². The average Bonchev–Trinajstić information content (AvgIpc) is 3.10. The molecule has 5 heteroatoms. The van der Waals surface area contributed by atoms with Gasteiger partial charge >= 0.3 is 0 Å². The molecule has 0 atom stereocenters. The van der Waals surface area contributed by atoms with Crippen molar-refractivity contribution in [2.45, 2.75) is 25.7 Å². The van der Waals surface area contributed by atoms with Crippen LogP contribution in [0.4, 0.5) is 10.1 Å². The molecule has 0 bridgehead atoms. The van der Waals surface area contributed by atoms with Crippen molar-refractivity contribution in [2.75, 3.05) is 11.9 Å². The van der Waals surface area contributed by atoms with Crippen molar-refractivity contribution in [2.24, 2.45) is 5.92 Å². The predicted octanol–water partition coefficient (Wildman–Crippen LogP) is 3.01. The highest BCUT2D eigenvalue weighted by Gasteiger charge is 2.14. The van der Waals surface area contributed by atoms with Gasteiger partial charge in [0, 0.05) is 12.2 Å². The van der Waals surface area contributed by atoms with Crippen molar-refractivity contribution in [3.8, 4) is 5.69 Å². The Hall–Kier alpha value is -1.91. The molecule has 100 valence electrons. The van der Waals surface area contributed by atoms with E-state index < -0.39 is 0 Å². The van der Waals surface area contributed by atoms with Crippen LogP contribution in [0.1, 0.15) is 25.7 Å². The molecule has 1 aliphatic carbocycles. The third-order valence-corrected chi connectivity index (χ3v) is 3.68. The number of hydrogen-bond donors (Lipinski definition) is 1. The fraction of sp³-hybridized carbons (Fsp3) is 0.429. The topological polar surface area (TPSA) is 42.7 Å². The van der Waals surface area contributed by atoms with Crippen molar-refractivity contribution in [3.63, 3.8) is 0 Å². The van der Waals surface area contributed by atoms with Crippen LogP contribution in [0.5, 0.6) is 0 Å². The lowest BCUT2D eigenvalue weighted by Gasteiger charge is -2.12. The smallest absolute Gasteiger partial charge is 0.150 e. The quantitative estimate of drug-likeness (QED) is 0.919. The second-order valence-corrected chi connectivity index (χ2v) is 5.04. The summed E-state index contributed by atoms with van der Waals surface area (Å²) in [4.78, 5) is 3.82. The number of nitrogens with zero attached hydrogens (tertiary/aromatic N) is 3. The van der Waals surface area contributed by atoms with Gasteiger partial charge in [-0.2, -0.15) is 5.10 Å². The highest BCUT2D eigenvalue weighted by atomic mass is 19.1. The molecule has 0 saturated heterocycles. The van der Waals surface area contributed by atoms with E-state index in [0.717, 1.165) is 18.2 Å². The molecule has 1 heterocycles. The molecule has 1 N–H and O–H groups in total. The first-order valence-corrected chi connectivity index (χ1v) is 6.71. The lowest BCUT2D eigenvalue weighted by molar-refractivity contribution is 0.578. The van der Waals surface area contributed by atoms with Crippen LogP contribution in [0.2, 0.25) is 0 Å². The average molecular weight is 260 g/mol. The molecule has 0 aliphatic heterocycles. The van der Waals surface area contributed by atoms with Gasteiger partial charge in [-0.1, -0.05) is 12.8 Å². The van der Waals surface area contributed by atoms with Gasteiger partial charge in [-0.05, 0) is 37.0 Å². The molecule has 4 nitrogen and oxygen atoms in total. The van der Waals surface area contributed by atoms with E-state index in [-0.39, 0.29) is 5.82 Å². The first-order valence-electron chi connectivity index (χ1n) is 6.71. The minimum atomic E-state index is -0.290. The van der Waals surface area contributed by atoms with E-state index in [9.17, 15) is 4.39 Å². The summed E-state index contributed by atoms with van der Waals surface area (Å²) in [6.07, 6.45) is 8.10. The van der Waals surface area contributed by atoms with Crippen molar-refractivity contribution >= 4 is 5.69 Å². The van der Waals surface area contributed by atoms with Crippen molar-refractivity contribution < 1.29 is 4.39 Å². The van der Waals surface area contributed by atoms with E-state index in [0.29, 0.717) is 5.69 Å². The molecule has 1 fully saturated rings. The highest BCUT2D eigenvalue weighted by molar-refractivity contribution is 5.49. The van der Waals surface area contributed by atoms with Gasteiger partial charge in [-0.3, -0.25) is 0 Å². The summed E-state index contributed by atoms with van der Waals surface area (Å²) < 4.78 is 15.4. The number of aromatic nitrogens is 3. The lowest BCUT2D eigenvalue weighted by Crippen LogP contribution is -2.11. The molecule has 2 aromatic rings. The molecule has 1 saturated carbocycles. The SMILES string of the molecule is Fc1cc(NCC2CCCC2)ccc1-n1cncn1. The maximum Gasteiger partial charge on any atom is 0.150 e. The lowest BCUT2D eigenvalue weighted by atomic mass is 10.1. The highest BCUT2D eigenvalue weighted by Crippen LogP contribution is 2.25. The monoisotopic (exact) mass is 260 g/mol. The van der Waals surface area contributed by atoms with Crippen molar-refractivity contribution in [1.82, 2.24) is 14.8 Å². The van der Waals surface area contributed by atoms with Gasteiger partial charge in [0.2, 0.25) is 0 Å². The summed E-state index contributed by atoms with van der Waals surface area (Å²) in [5.41, 5.74) is 1.25. The number of benzene rings is 1. The number of nitrogens with one attached hydrogen (secondary N) is 1. The molecule has 0 radical (unpaired) electrons. The second kappa shape index (κ2) is 5.38. The standard InChI is InChI=1S/C14H17FN4/c15-13-7-12(17-8-11-3-1-2-4-11)5-6-14(13)19-10-16-9-18-19/h5-7,9-11,17H,1-4,8H2. The summed E-state index contributed by atoms with van der Waals surface area (Å²) in [5, 5.41) is 7.25. The Labute approximate surface area is 111 Å². The van der Waals surface area contributed by atoms with Gasteiger partial charge in [0.25, 0.3) is 0 Å². The molecule has 1 aromatic carbocycles. The van der Waals surface area contributed by atoms with Gasteiger partial charge < -0.3 is 5.32 Å². The third kappa shape index (κ3) is 2.75. The van der Waals surface area contributed by atoms with Crippen LogP contribution in [0.3, 0.4) is 0 Å². The first kappa shape index (κ1) is 12.1. The Morgan fingerprint density at radius 3 is 2.84 bits per heavy atom. The first-order chi connectivity index (χ1) is 9.33. The molecule has 0 unspecified atom stereocenters. The molecular formula is C14H17FN4. The second-order valence-electron chi connectivity index (χ2n) is 5.04. The Kier molecular flexibility index (Phi) is 3.44. The van der Waals surface area contributed by atoms with Crippen LogP contribution in [-0.4, -0.2) is 21.3 Å². The largest absolute Gasteiger partial charge is 0.385 e. The number of anilines is 1. The number of rotatable bonds is 4. The normalized spacial score (nSPS) is 15.8. The van der Waals surface area contributed by atoms with Crippen LogP contribution in [-0.2, 0) is 0 Å². The van der Waals surface area contributed by atoms with Crippen LogP contribution >= 0.6 is 0 Å². The zero-order valence-electron chi connectivity index (χ0n) is 10.7. The van der Waals surface area contributed by atoms with Crippen LogP contribution < -0.4 is 5.32 Å². The van der Waals surface area contributed by atoms with E-state index in [1.165, 1.54) is 49.1 Å². The third-order valence-electron chi connectivity index (χ3n) is 3.68. The molecule has 3 rings (SSSR count). The van der Waals surface area contributed by atoms with Crippen molar-refractivity contribution in [3.05, 3.63) is 36.7 Å². The number of hydrogen-bond acceptors (Lipinski definition) is 3. The maximum absolute atomic E-state index is 14.0. The van der Waals surface area contributed by atoms with E-state index in [1.807, 2.05) is 6.07 Å². The summed E-state index contributed by atoms with van der Waals surface area (Å²) in [6, 6.07) is 5.13. The van der Waals surface area contributed by atoms with E-state index in [1.54, 1.807) is 6.07 Å². The van der Waals surface area contributed by atoms with E-state index in [4.69, 9.17) is 0 Å².